The number of nitrogens with one attached hydrogen (secondary N) is 2. The topological polar surface area (TPSA) is 54.0 Å². The van der Waals surface area contributed by atoms with Crippen molar-refractivity contribution in [1.29, 1.82) is 0 Å². The molecule has 0 bridgehead atoms. The van der Waals surface area contributed by atoms with Gasteiger partial charge in [-0.3, -0.25) is 9.78 Å². The number of aromatic nitrogens is 1. The summed E-state index contributed by atoms with van der Waals surface area (Å²) in [5, 5.41) is 5.39. The van der Waals surface area contributed by atoms with Gasteiger partial charge in [0.05, 0.1) is 23.1 Å². The lowest BCUT2D eigenvalue weighted by Crippen LogP contribution is -2.16. The van der Waals surface area contributed by atoms with Crippen LogP contribution >= 0.6 is 0 Å². The zero-order chi connectivity index (χ0) is 14.5. The Balaban J connectivity index is 2.24. The zero-order valence-electron chi connectivity index (χ0n) is 10.8. The van der Waals surface area contributed by atoms with Crippen molar-refractivity contribution in [1.82, 2.24) is 4.98 Å². The van der Waals surface area contributed by atoms with Crippen LogP contribution in [0.2, 0.25) is 0 Å². The van der Waals surface area contributed by atoms with Crippen LogP contribution in [0.15, 0.2) is 36.7 Å². The van der Waals surface area contributed by atoms with E-state index in [1.807, 2.05) is 6.92 Å². The van der Waals surface area contributed by atoms with E-state index in [9.17, 15) is 13.6 Å². The number of hydrogen-bond acceptors (Lipinski definition) is 3. The lowest BCUT2D eigenvalue weighted by atomic mass is 10.2. The molecule has 0 saturated carbocycles. The summed E-state index contributed by atoms with van der Waals surface area (Å²) in [6, 6.07) is 4.50. The van der Waals surface area contributed by atoms with Gasteiger partial charge < -0.3 is 10.6 Å². The van der Waals surface area contributed by atoms with Crippen LogP contribution in [0, 0.1) is 11.6 Å². The number of carbonyl (C=O) groups excluding carboxylic acids is 1. The number of carbonyl (C=O) groups is 1. The number of halogens is 2. The van der Waals surface area contributed by atoms with E-state index in [1.54, 1.807) is 0 Å². The number of rotatable bonds is 4. The molecule has 0 unspecified atom stereocenters. The average molecular weight is 277 g/mol. The number of nitrogens with zero attached hydrogens (tertiary/aromatic N) is 1. The summed E-state index contributed by atoms with van der Waals surface area (Å²) in [6.07, 6.45) is 2.98. The maximum atomic E-state index is 13.5. The summed E-state index contributed by atoms with van der Waals surface area (Å²) in [6.45, 7) is 2.51. The Morgan fingerprint density at radius 2 is 2.05 bits per heavy atom. The van der Waals surface area contributed by atoms with Gasteiger partial charge in [0.1, 0.15) is 11.6 Å². The molecule has 0 aliphatic rings. The molecule has 0 atom stereocenters. The summed E-state index contributed by atoms with van der Waals surface area (Å²) in [4.78, 5) is 16.0. The minimum absolute atomic E-state index is 0.0735. The molecule has 20 heavy (non-hydrogen) atoms. The van der Waals surface area contributed by atoms with E-state index in [-0.39, 0.29) is 5.69 Å². The van der Waals surface area contributed by atoms with Crippen LogP contribution < -0.4 is 10.6 Å². The highest BCUT2D eigenvalue weighted by Gasteiger charge is 2.13. The smallest absolute Gasteiger partial charge is 0.257 e. The lowest BCUT2D eigenvalue weighted by Gasteiger charge is -2.11. The third kappa shape index (κ3) is 3.09. The van der Waals surface area contributed by atoms with E-state index in [2.05, 4.69) is 15.6 Å². The lowest BCUT2D eigenvalue weighted by molar-refractivity contribution is 0.102. The highest BCUT2D eigenvalue weighted by molar-refractivity contribution is 6.07. The number of amides is 1. The molecule has 0 aliphatic heterocycles. The van der Waals surface area contributed by atoms with Crippen molar-refractivity contribution in [2.45, 2.75) is 6.92 Å². The fourth-order valence-electron chi connectivity index (χ4n) is 1.70. The number of hydrogen-bond donors (Lipinski definition) is 2. The van der Waals surface area contributed by atoms with E-state index in [0.29, 0.717) is 23.9 Å². The van der Waals surface area contributed by atoms with Gasteiger partial charge in [-0.25, -0.2) is 8.78 Å². The summed E-state index contributed by atoms with van der Waals surface area (Å²) >= 11 is 0. The molecular weight excluding hydrogens is 264 g/mol. The second kappa shape index (κ2) is 6.10. The first-order valence-corrected chi connectivity index (χ1v) is 6.06. The zero-order valence-corrected chi connectivity index (χ0v) is 10.8. The first kappa shape index (κ1) is 13.9. The molecule has 104 valence electrons. The van der Waals surface area contributed by atoms with Crippen molar-refractivity contribution in [2.75, 3.05) is 17.2 Å². The summed E-state index contributed by atoms with van der Waals surface area (Å²) in [5.74, 6) is -2.01. The summed E-state index contributed by atoms with van der Waals surface area (Å²) in [5.41, 5.74) is 0.816. The Bertz CT molecular complexity index is 632. The highest BCUT2D eigenvalue weighted by Crippen LogP contribution is 2.19. The maximum absolute atomic E-state index is 13.5. The average Bonchev–Trinajstić information content (AvgIpc) is 2.43. The SMILES string of the molecule is CCNc1cnccc1C(=O)Nc1ccc(F)cc1F. The molecule has 1 amide bonds. The van der Waals surface area contributed by atoms with Crippen molar-refractivity contribution in [3.8, 4) is 0 Å². The Morgan fingerprint density at radius 1 is 1.25 bits per heavy atom. The quantitative estimate of drug-likeness (QED) is 0.903. The second-order valence-electron chi connectivity index (χ2n) is 4.03. The Labute approximate surface area is 114 Å². The predicted molar refractivity (Wildman–Crippen MR) is 72.7 cm³/mol. The van der Waals surface area contributed by atoms with Crippen molar-refractivity contribution < 1.29 is 13.6 Å². The standard InChI is InChI=1S/C14H13F2N3O/c1-2-18-13-8-17-6-5-10(13)14(20)19-12-4-3-9(15)7-11(12)16/h3-8,18H,2H2,1H3,(H,19,20). The van der Waals surface area contributed by atoms with E-state index in [1.165, 1.54) is 24.5 Å². The Hall–Kier alpha value is -2.50. The van der Waals surface area contributed by atoms with Crippen molar-refractivity contribution in [3.05, 3.63) is 53.9 Å². The van der Waals surface area contributed by atoms with Crippen molar-refractivity contribution in [3.63, 3.8) is 0 Å². The van der Waals surface area contributed by atoms with Crippen molar-refractivity contribution in [2.24, 2.45) is 0 Å². The first-order valence-electron chi connectivity index (χ1n) is 6.06. The van der Waals surface area contributed by atoms with E-state index in [0.717, 1.165) is 6.07 Å². The number of pyridine rings is 1. The van der Waals surface area contributed by atoms with E-state index < -0.39 is 17.5 Å². The van der Waals surface area contributed by atoms with Crippen LogP contribution in [0.25, 0.3) is 0 Å². The Morgan fingerprint density at radius 3 is 2.75 bits per heavy atom. The molecule has 2 rings (SSSR count). The maximum Gasteiger partial charge on any atom is 0.257 e. The minimum Gasteiger partial charge on any atom is -0.383 e. The normalized spacial score (nSPS) is 10.2. The molecule has 0 aliphatic carbocycles. The highest BCUT2D eigenvalue weighted by atomic mass is 19.1. The fraction of sp³-hybridized carbons (Fsp3) is 0.143. The molecule has 1 aromatic heterocycles. The monoisotopic (exact) mass is 277 g/mol. The van der Waals surface area contributed by atoms with Crippen LogP contribution in [0.3, 0.4) is 0 Å². The van der Waals surface area contributed by atoms with Gasteiger partial charge in [-0.05, 0) is 25.1 Å². The van der Waals surface area contributed by atoms with Gasteiger partial charge in [0.15, 0.2) is 0 Å². The van der Waals surface area contributed by atoms with Crippen LogP contribution in [0.5, 0.6) is 0 Å². The number of anilines is 2. The number of benzene rings is 1. The van der Waals surface area contributed by atoms with Crippen LogP contribution in [-0.4, -0.2) is 17.4 Å². The molecule has 0 spiro atoms. The molecule has 2 aromatic rings. The van der Waals surface area contributed by atoms with Gasteiger partial charge >= 0.3 is 0 Å². The van der Waals surface area contributed by atoms with Gasteiger partial charge in [0.25, 0.3) is 5.91 Å². The molecule has 0 radical (unpaired) electrons. The van der Waals surface area contributed by atoms with Crippen molar-refractivity contribution >= 4 is 17.3 Å². The molecule has 0 fully saturated rings. The molecule has 0 saturated heterocycles. The first-order chi connectivity index (χ1) is 9.61. The third-order valence-electron chi connectivity index (χ3n) is 2.61. The molecular formula is C14H13F2N3O. The molecule has 6 heteroatoms. The molecule has 1 aromatic carbocycles. The van der Waals surface area contributed by atoms with Gasteiger partial charge in [-0.2, -0.15) is 0 Å². The van der Waals surface area contributed by atoms with Crippen LogP contribution in [-0.2, 0) is 0 Å². The van der Waals surface area contributed by atoms with Gasteiger partial charge in [-0.1, -0.05) is 0 Å². The largest absolute Gasteiger partial charge is 0.383 e. The van der Waals surface area contributed by atoms with E-state index >= 15 is 0 Å². The molecule has 2 N–H and O–H groups in total. The van der Waals surface area contributed by atoms with Gasteiger partial charge in [-0.15, -0.1) is 0 Å². The predicted octanol–water partition coefficient (Wildman–Crippen LogP) is 3.04. The Kier molecular flexibility index (Phi) is 4.24. The van der Waals surface area contributed by atoms with E-state index in [4.69, 9.17) is 0 Å². The summed E-state index contributed by atoms with van der Waals surface area (Å²) in [7, 11) is 0. The minimum atomic E-state index is -0.822. The third-order valence-corrected chi connectivity index (χ3v) is 2.61. The van der Waals surface area contributed by atoms with Crippen LogP contribution in [0.4, 0.5) is 20.2 Å². The molecule has 1 heterocycles. The molecule has 4 nitrogen and oxygen atoms in total. The van der Waals surface area contributed by atoms with Gasteiger partial charge in [0, 0.05) is 18.8 Å². The van der Waals surface area contributed by atoms with Gasteiger partial charge in [0.2, 0.25) is 0 Å². The second-order valence-corrected chi connectivity index (χ2v) is 4.03. The summed E-state index contributed by atoms with van der Waals surface area (Å²) < 4.78 is 26.3. The van der Waals surface area contributed by atoms with Crippen LogP contribution in [0.1, 0.15) is 17.3 Å². The fourth-order valence-corrected chi connectivity index (χ4v) is 1.70.